The quantitative estimate of drug-likeness (QED) is 0.0620. The van der Waals surface area contributed by atoms with Gasteiger partial charge in [0.05, 0.1) is 0 Å². The summed E-state index contributed by atoms with van der Waals surface area (Å²) in [4.78, 5) is 0. The van der Waals surface area contributed by atoms with Gasteiger partial charge in [-0.15, -0.1) is 0 Å². The molecular formula is C36F24Hg3. The standard InChI is InChI=1S/3C12F8.3Hg/c3*13-5-1-3(7(15)11(19)9(5)17)4-2-6(14)10(18)12(20)8(4)16;;;. The van der Waals surface area contributed by atoms with Gasteiger partial charge in [0.25, 0.3) is 0 Å². The van der Waals surface area contributed by atoms with Crippen molar-refractivity contribution < 1.29 is 179 Å². The van der Waals surface area contributed by atoms with Crippen LogP contribution < -0.4 is 18.4 Å². The summed E-state index contributed by atoms with van der Waals surface area (Å²) in [5, 5.41) is 0. The van der Waals surface area contributed by atoms with Gasteiger partial charge in [0.1, 0.15) is 0 Å². The minimum atomic E-state index is -5.74. The minimum absolute atomic E-state index is 2.18. The summed E-state index contributed by atoms with van der Waals surface area (Å²) in [6, 6.07) is 0. The predicted molar refractivity (Wildman–Crippen MR) is 152 cm³/mol. The number of halogens is 24. The van der Waals surface area contributed by atoms with E-state index in [9.17, 15) is 26.3 Å². The van der Waals surface area contributed by atoms with Gasteiger partial charge in [-0.05, 0) is 0 Å². The van der Waals surface area contributed by atoms with E-state index in [4.69, 9.17) is 0 Å². The first kappa shape index (κ1) is 47.4. The number of fused-ring (bicyclic) bond motifs is 9. The molecule has 1 heterocycles. The fourth-order valence-corrected chi connectivity index (χ4v) is 30.4. The molecule has 0 atom stereocenters. The number of rotatable bonds is 0. The van der Waals surface area contributed by atoms with Crippen LogP contribution in [0.5, 0.6) is 0 Å². The summed E-state index contributed by atoms with van der Waals surface area (Å²) < 4.78 is 359. The Labute approximate surface area is 367 Å². The third-order valence-electron chi connectivity index (χ3n) is 10.00. The van der Waals surface area contributed by atoms with Crippen LogP contribution in [0.15, 0.2) is 0 Å². The molecule has 0 fully saturated rings. The molecule has 0 radical (unpaired) electrons. The van der Waals surface area contributed by atoms with Gasteiger partial charge in [0.15, 0.2) is 0 Å². The second-order valence-electron chi connectivity index (χ2n) is 13.2. The molecule has 27 heteroatoms. The number of hydrogen-bond donors (Lipinski definition) is 0. The van der Waals surface area contributed by atoms with Gasteiger partial charge >= 0.3 is 371 Å². The first-order valence-electron chi connectivity index (χ1n) is 16.4. The zero-order chi connectivity index (χ0) is 46.9. The number of benzene rings is 6. The van der Waals surface area contributed by atoms with E-state index in [1.165, 1.54) is 0 Å². The molecule has 1 aliphatic heterocycles. The van der Waals surface area contributed by atoms with Gasteiger partial charge < -0.3 is 0 Å². The van der Waals surface area contributed by atoms with Crippen molar-refractivity contribution in [2.24, 2.45) is 0 Å². The molecule has 0 nitrogen and oxygen atoms in total. The second kappa shape index (κ2) is 16.7. The van der Waals surface area contributed by atoms with E-state index >= 15 is 79.0 Å². The van der Waals surface area contributed by atoms with E-state index in [0.717, 1.165) is 0 Å². The summed E-state index contributed by atoms with van der Waals surface area (Å²) in [5.41, 5.74) is -14.9. The first-order valence-corrected chi connectivity index (χ1v) is 32.9. The van der Waals surface area contributed by atoms with Crippen LogP contribution >= 0.6 is 0 Å². The van der Waals surface area contributed by atoms with Crippen LogP contribution in [0.4, 0.5) is 105 Å². The molecule has 0 saturated heterocycles. The molecular weight excluding hydrogens is 1490 g/mol. The van der Waals surface area contributed by atoms with Crippen LogP contribution in [0.1, 0.15) is 0 Å². The Morgan fingerprint density at radius 1 is 0.127 bits per heavy atom. The van der Waals surface area contributed by atoms with Gasteiger partial charge in [-0.25, -0.2) is 0 Å². The van der Waals surface area contributed by atoms with Crippen molar-refractivity contribution in [3.05, 3.63) is 140 Å². The summed E-state index contributed by atoms with van der Waals surface area (Å²) in [6.07, 6.45) is 0. The van der Waals surface area contributed by atoms with Crippen molar-refractivity contribution in [2.75, 3.05) is 0 Å². The molecule has 1 aliphatic rings. The van der Waals surface area contributed by atoms with Crippen LogP contribution in [0.3, 0.4) is 0 Å². The topological polar surface area (TPSA) is 0 Å². The van der Waals surface area contributed by atoms with Crippen molar-refractivity contribution in [1.82, 2.24) is 0 Å². The second-order valence-corrected chi connectivity index (χ2v) is 33.8. The molecule has 0 aliphatic carbocycles. The Kier molecular flexibility index (Phi) is 12.6. The van der Waals surface area contributed by atoms with Crippen LogP contribution in [-0.4, -0.2) is 0 Å². The van der Waals surface area contributed by atoms with Crippen LogP contribution in [0.25, 0.3) is 33.4 Å². The fourth-order valence-electron chi connectivity index (χ4n) is 7.15. The number of hydrogen-bond acceptors (Lipinski definition) is 0. The Morgan fingerprint density at radius 2 is 0.222 bits per heavy atom. The van der Waals surface area contributed by atoms with E-state index in [1.54, 1.807) is 0 Å². The Hall–Kier alpha value is -3.55. The van der Waals surface area contributed by atoms with Crippen LogP contribution in [-0.2, 0) is 73.7 Å². The zero-order valence-electron chi connectivity index (χ0n) is 29.2. The summed E-state index contributed by atoms with van der Waals surface area (Å²) in [7, 11) is 0. The fraction of sp³-hybridized carbons (Fsp3) is 0. The van der Waals surface area contributed by atoms with Gasteiger partial charge in [0.2, 0.25) is 0 Å². The maximum atomic E-state index is 16.0. The predicted octanol–water partition coefficient (Wildman–Crippen LogP) is 8.44. The Bertz CT molecular complexity index is 2570. The van der Waals surface area contributed by atoms with Crippen molar-refractivity contribution in [3.63, 3.8) is 0 Å². The summed E-state index contributed by atoms with van der Waals surface area (Å²) >= 11 is -17.2. The average molecular weight is 1490 g/mol. The molecule has 0 aromatic heterocycles. The molecule has 0 N–H and O–H groups in total. The van der Waals surface area contributed by atoms with Gasteiger partial charge in [-0.2, -0.15) is 0 Å². The van der Waals surface area contributed by atoms with E-state index < -0.39 is 265 Å². The van der Waals surface area contributed by atoms with Crippen molar-refractivity contribution in [3.8, 4) is 33.4 Å². The van der Waals surface area contributed by atoms with Gasteiger partial charge in [-0.1, -0.05) is 0 Å². The SMILES string of the molecule is Fc1c(F)c(F)c2[c](c1F)[Hg][c]1c(F)c(F)c(F)c(F)c1-c1c(F)c(F)c(F)c(F)[c]1[Hg][c]1c(F)c(F)c(F)c(F)c1-c1c(F)c(F)c(F)c(F)[c]1[Hg][c]1c(F)c(F)c(F)c(F)c1-2. The molecule has 0 spiro atoms. The first-order chi connectivity index (χ1) is 29.3. The molecule has 0 saturated carbocycles. The zero-order valence-corrected chi connectivity index (χ0v) is 45.7. The van der Waals surface area contributed by atoms with E-state index in [0.29, 0.717) is 0 Å². The molecule has 0 bridgehead atoms. The van der Waals surface area contributed by atoms with Crippen LogP contribution in [0.2, 0.25) is 0 Å². The van der Waals surface area contributed by atoms with Crippen molar-refractivity contribution in [2.45, 2.75) is 0 Å². The van der Waals surface area contributed by atoms with Crippen LogP contribution in [0, 0.1) is 140 Å². The summed E-state index contributed by atoms with van der Waals surface area (Å²) in [5.74, 6) is -73.3. The summed E-state index contributed by atoms with van der Waals surface area (Å²) in [6.45, 7) is 0. The van der Waals surface area contributed by atoms with E-state index in [2.05, 4.69) is 0 Å². The maximum absolute atomic E-state index is 16.0. The molecule has 63 heavy (non-hydrogen) atoms. The Balaban J connectivity index is 1.88. The molecule has 0 amide bonds. The normalized spacial score (nSPS) is 11.8. The third kappa shape index (κ3) is 6.89. The third-order valence-corrected chi connectivity index (χ3v) is 33.7. The van der Waals surface area contributed by atoms with E-state index in [-0.39, 0.29) is 0 Å². The molecule has 6 aromatic carbocycles. The van der Waals surface area contributed by atoms with Gasteiger partial charge in [0, 0.05) is 0 Å². The molecule has 0 unspecified atom stereocenters. The molecule has 7 rings (SSSR count). The molecule has 318 valence electrons. The van der Waals surface area contributed by atoms with Crippen molar-refractivity contribution >= 4 is 18.4 Å². The Morgan fingerprint density at radius 3 is 0.333 bits per heavy atom. The monoisotopic (exact) mass is 1490 g/mol. The van der Waals surface area contributed by atoms with Gasteiger partial charge in [-0.3, -0.25) is 0 Å². The molecule has 6 aromatic rings. The average Bonchev–Trinajstić information content (AvgIpc) is 3.26. The van der Waals surface area contributed by atoms with Crippen molar-refractivity contribution in [1.29, 1.82) is 0 Å². The van der Waals surface area contributed by atoms with E-state index in [1.807, 2.05) is 0 Å².